The van der Waals surface area contributed by atoms with Crippen molar-refractivity contribution in [3.8, 4) is 0 Å². The smallest absolute Gasteiger partial charge is 0.371 e. The highest BCUT2D eigenvalue weighted by molar-refractivity contribution is 5.84. The maximum atomic E-state index is 10.8. The van der Waals surface area contributed by atoms with Gasteiger partial charge in [0.25, 0.3) is 0 Å². The normalized spacial score (nSPS) is 22.9. The van der Waals surface area contributed by atoms with Crippen LogP contribution in [0.4, 0.5) is 0 Å². The van der Waals surface area contributed by atoms with E-state index in [1.165, 1.54) is 12.8 Å². The van der Waals surface area contributed by atoms with Crippen LogP contribution >= 0.6 is 0 Å². The van der Waals surface area contributed by atoms with Gasteiger partial charge in [-0.05, 0) is 44.2 Å². The van der Waals surface area contributed by atoms with Gasteiger partial charge in [0.2, 0.25) is 5.76 Å². The lowest BCUT2D eigenvalue weighted by Gasteiger charge is -2.30. The Morgan fingerprint density at radius 3 is 2.70 bits per heavy atom. The molecule has 20 heavy (non-hydrogen) atoms. The molecule has 1 aliphatic carbocycles. The molecule has 112 valence electrons. The van der Waals surface area contributed by atoms with E-state index in [0.29, 0.717) is 24.1 Å². The number of nitrogens with one attached hydrogen (secondary N) is 1. The SMILES string of the molecule is Cc1oc(C(=O)O)cc1CNCC1CCCCC1CO. The molecule has 1 fully saturated rings. The van der Waals surface area contributed by atoms with Gasteiger partial charge in [0.1, 0.15) is 5.76 Å². The Labute approximate surface area is 119 Å². The summed E-state index contributed by atoms with van der Waals surface area (Å²) in [5, 5.41) is 21.6. The van der Waals surface area contributed by atoms with Crippen molar-refractivity contribution >= 4 is 5.97 Å². The Morgan fingerprint density at radius 2 is 2.10 bits per heavy atom. The van der Waals surface area contributed by atoms with Crippen molar-refractivity contribution in [2.45, 2.75) is 39.2 Å². The lowest BCUT2D eigenvalue weighted by Crippen LogP contribution is -2.32. The Morgan fingerprint density at radius 1 is 1.40 bits per heavy atom. The number of furan rings is 1. The fourth-order valence-corrected chi connectivity index (χ4v) is 2.99. The maximum absolute atomic E-state index is 10.8. The highest BCUT2D eigenvalue weighted by atomic mass is 16.4. The maximum Gasteiger partial charge on any atom is 0.371 e. The monoisotopic (exact) mass is 281 g/mol. The third kappa shape index (κ3) is 3.61. The zero-order chi connectivity index (χ0) is 14.5. The third-order valence-corrected chi connectivity index (χ3v) is 4.25. The predicted molar refractivity (Wildman–Crippen MR) is 74.6 cm³/mol. The van der Waals surface area contributed by atoms with Crippen LogP contribution in [0.3, 0.4) is 0 Å². The number of carbonyl (C=O) groups is 1. The third-order valence-electron chi connectivity index (χ3n) is 4.25. The number of aliphatic hydroxyl groups excluding tert-OH is 1. The second-order valence-corrected chi connectivity index (χ2v) is 5.62. The van der Waals surface area contributed by atoms with E-state index in [-0.39, 0.29) is 12.4 Å². The first kappa shape index (κ1) is 15.1. The molecule has 0 saturated heterocycles. The molecule has 1 aliphatic rings. The molecular formula is C15H23NO4. The molecule has 2 unspecified atom stereocenters. The van der Waals surface area contributed by atoms with Gasteiger partial charge in [-0.1, -0.05) is 12.8 Å². The van der Waals surface area contributed by atoms with Gasteiger partial charge >= 0.3 is 5.97 Å². The average Bonchev–Trinajstić information content (AvgIpc) is 2.81. The standard InChI is InChI=1S/C15H23NO4/c1-10-13(6-14(20-10)15(18)19)8-16-7-11-4-2-3-5-12(11)9-17/h6,11-12,16-17H,2-5,7-9H2,1H3,(H,18,19). The second-order valence-electron chi connectivity index (χ2n) is 5.62. The Balaban J connectivity index is 1.84. The van der Waals surface area contributed by atoms with Crippen molar-refractivity contribution in [1.82, 2.24) is 5.32 Å². The van der Waals surface area contributed by atoms with Gasteiger partial charge in [-0.25, -0.2) is 4.79 Å². The Hall–Kier alpha value is -1.33. The number of carboxylic acids is 1. The van der Waals surface area contributed by atoms with Gasteiger partial charge in [0.05, 0.1) is 0 Å². The molecule has 0 aliphatic heterocycles. The van der Waals surface area contributed by atoms with Crippen LogP contribution < -0.4 is 5.32 Å². The summed E-state index contributed by atoms with van der Waals surface area (Å²) in [5.74, 6) is 0.519. The van der Waals surface area contributed by atoms with Crippen LogP contribution in [0.1, 0.15) is 47.6 Å². The van der Waals surface area contributed by atoms with Gasteiger partial charge < -0.3 is 19.9 Å². The molecule has 2 atom stereocenters. The summed E-state index contributed by atoms with van der Waals surface area (Å²) in [6, 6.07) is 1.58. The van der Waals surface area contributed by atoms with Crippen molar-refractivity contribution in [2.75, 3.05) is 13.2 Å². The second kappa shape index (κ2) is 6.90. The molecule has 5 heteroatoms. The minimum absolute atomic E-state index is 0.00907. The van der Waals surface area contributed by atoms with E-state index < -0.39 is 5.97 Å². The minimum atomic E-state index is -1.04. The largest absolute Gasteiger partial charge is 0.475 e. The van der Waals surface area contributed by atoms with E-state index in [1.54, 1.807) is 13.0 Å². The van der Waals surface area contributed by atoms with E-state index >= 15 is 0 Å². The fraction of sp³-hybridized carbons (Fsp3) is 0.667. The Kier molecular flexibility index (Phi) is 5.20. The van der Waals surface area contributed by atoms with Gasteiger partial charge in [0.15, 0.2) is 0 Å². The highest BCUT2D eigenvalue weighted by Crippen LogP contribution is 2.29. The molecule has 1 aromatic rings. The van der Waals surface area contributed by atoms with E-state index in [0.717, 1.165) is 24.9 Å². The lowest BCUT2D eigenvalue weighted by atomic mass is 9.79. The molecule has 1 saturated carbocycles. The van der Waals surface area contributed by atoms with Crippen molar-refractivity contribution in [2.24, 2.45) is 11.8 Å². The molecule has 0 spiro atoms. The van der Waals surface area contributed by atoms with Gasteiger partial charge in [-0.15, -0.1) is 0 Å². The van der Waals surface area contributed by atoms with Crippen LogP contribution in [-0.4, -0.2) is 29.3 Å². The summed E-state index contributed by atoms with van der Waals surface area (Å²) < 4.78 is 5.18. The zero-order valence-electron chi connectivity index (χ0n) is 11.9. The predicted octanol–water partition coefficient (Wildman–Crippen LogP) is 2.17. The summed E-state index contributed by atoms with van der Waals surface area (Å²) in [6.45, 7) is 3.51. The molecule has 0 aromatic carbocycles. The van der Waals surface area contributed by atoms with Crippen molar-refractivity contribution in [3.63, 3.8) is 0 Å². The van der Waals surface area contributed by atoms with Crippen LogP contribution in [0.15, 0.2) is 10.5 Å². The van der Waals surface area contributed by atoms with Crippen LogP contribution in [0.5, 0.6) is 0 Å². The summed E-state index contributed by atoms with van der Waals surface area (Å²) in [4.78, 5) is 10.8. The number of aliphatic hydroxyl groups is 1. The van der Waals surface area contributed by atoms with E-state index in [4.69, 9.17) is 9.52 Å². The Bertz CT molecular complexity index is 455. The minimum Gasteiger partial charge on any atom is -0.475 e. The van der Waals surface area contributed by atoms with E-state index in [1.807, 2.05) is 0 Å². The molecule has 0 bridgehead atoms. The highest BCUT2D eigenvalue weighted by Gasteiger charge is 2.24. The number of rotatable bonds is 6. The summed E-state index contributed by atoms with van der Waals surface area (Å²) in [7, 11) is 0. The number of aromatic carboxylic acids is 1. The van der Waals surface area contributed by atoms with Gasteiger partial charge in [0, 0.05) is 18.7 Å². The molecule has 1 heterocycles. The number of hydrogen-bond donors (Lipinski definition) is 3. The molecule has 2 rings (SSSR count). The first-order valence-electron chi connectivity index (χ1n) is 7.26. The fourth-order valence-electron chi connectivity index (χ4n) is 2.99. The van der Waals surface area contributed by atoms with Crippen molar-refractivity contribution in [1.29, 1.82) is 0 Å². The topological polar surface area (TPSA) is 82.7 Å². The molecular weight excluding hydrogens is 258 g/mol. The molecule has 0 amide bonds. The summed E-state index contributed by atoms with van der Waals surface area (Å²) in [6.07, 6.45) is 4.71. The number of aryl methyl sites for hydroxylation is 1. The van der Waals surface area contributed by atoms with Crippen LogP contribution in [0.25, 0.3) is 0 Å². The van der Waals surface area contributed by atoms with Crippen LogP contribution in [0.2, 0.25) is 0 Å². The summed E-state index contributed by atoms with van der Waals surface area (Å²) in [5.41, 5.74) is 0.888. The van der Waals surface area contributed by atoms with Gasteiger partial charge in [-0.2, -0.15) is 0 Å². The van der Waals surface area contributed by atoms with E-state index in [9.17, 15) is 9.90 Å². The average molecular weight is 281 g/mol. The molecule has 0 radical (unpaired) electrons. The number of hydrogen-bond acceptors (Lipinski definition) is 4. The van der Waals surface area contributed by atoms with E-state index in [2.05, 4.69) is 5.32 Å². The first-order valence-corrected chi connectivity index (χ1v) is 7.26. The first-order chi connectivity index (χ1) is 9.61. The molecule has 3 N–H and O–H groups in total. The molecule has 1 aromatic heterocycles. The van der Waals surface area contributed by atoms with Crippen LogP contribution in [0, 0.1) is 18.8 Å². The molecule has 5 nitrogen and oxygen atoms in total. The lowest BCUT2D eigenvalue weighted by molar-refractivity contribution is 0.0661. The number of carboxylic acid groups (broad SMARTS) is 1. The van der Waals surface area contributed by atoms with Crippen molar-refractivity contribution < 1.29 is 19.4 Å². The van der Waals surface area contributed by atoms with Crippen molar-refractivity contribution in [3.05, 3.63) is 23.2 Å². The van der Waals surface area contributed by atoms with Gasteiger partial charge in [-0.3, -0.25) is 0 Å². The quantitative estimate of drug-likeness (QED) is 0.744. The zero-order valence-corrected chi connectivity index (χ0v) is 11.9. The van der Waals surface area contributed by atoms with Crippen LogP contribution in [-0.2, 0) is 6.54 Å². The summed E-state index contributed by atoms with van der Waals surface area (Å²) >= 11 is 0.